The molecule has 2 amide bonds. The predicted molar refractivity (Wildman–Crippen MR) is 141 cm³/mol. The summed E-state index contributed by atoms with van der Waals surface area (Å²) in [5, 5.41) is 2.16. The van der Waals surface area contributed by atoms with Crippen molar-refractivity contribution in [1.82, 2.24) is 14.7 Å². The number of benzene rings is 2. The number of rotatable bonds is 4. The van der Waals surface area contributed by atoms with Crippen molar-refractivity contribution in [2.45, 2.75) is 38.8 Å². The van der Waals surface area contributed by atoms with Crippen molar-refractivity contribution < 1.29 is 14.0 Å². The van der Waals surface area contributed by atoms with Gasteiger partial charge in [-0.3, -0.25) is 14.5 Å². The third-order valence-electron chi connectivity index (χ3n) is 7.51. The first-order valence-corrected chi connectivity index (χ1v) is 13.5. The fourth-order valence-corrected chi connectivity index (χ4v) is 6.45. The Morgan fingerprint density at radius 2 is 1.72 bits per heavy atom. The number of carbonyl (C=O) groups excluding carboxylic acids is 2. The molecule has 5 rings (SSSR count). The number of halogens is 1. The van der Waals surface area contributed by atoms with Crippen LogP contribution in [0.25, 0.3) is 0 Å². The van der Waals surface area contributed by atoms with Gasteiger partial charge < -0.3 is 9.80 Å². The zero-order valence-electron chi connectivity index (χ0n) is 20.8. The lowest BCUT2D eigenvalue weighted by molar-refractivity contribution is -0.137. The molecule has 36 heavy (non-hydrogen) atoms. The topological polar surface area (TPSA) is 43.9 Å². The van der Waals surface area contributed by atoms with E-state index in [1.165, 1.54) is 33.7 Å². The monoisotopic (exact) mass is 505 g/mol. The van der Waals surface area contributed by atoms with Gasteiger partial charge in [0.05, 0.1) is 12.1 Å². The maximum absolute atomic E-state index is 13.8. The van der Waals surface area contributed by atoms with Crippen LogP contribution in [0.1, 0.15) is 51.3 Å². The molecule has 0 spiro atoms. The van der Waals surface area contributed by atoms with Crippen molar-refractivity contribution in [3.05, 3.63) is 92.9 Å². The molecule has 5 nitrogen and oxygen atoms in total. The van der Waals surface area contributed by atoms with Crippen LogP contribution in [0.15, 0.2) is 60.0 Å². The van der Waals surface area contributed by atoms with Crippen molar-refractivity contribution in [1.29, 1.82) is 0 Å². The van der Waals surface area contributed by atoms with Crippen LogP contribution in [0, 0.1) is 12.7 Å². The third-order valence-corrected chi connectivity index (χ3v) is 8.50. The average molecular weight is 506 g/mol. The Labute approximate surface area is 216 Å². The minimum atomic E-state index is -0.417. The Morgan fingerprint density at radius 1 is 0.944 bits per heavy atom. The molecule has 0 aliphatic carbocycles. The summed E-state index contributed by atoms with van der Waals surface area (Å²) in [5.74, 6) is -0.496. The van der Waals surface area contributed by atoms with Crippen LogP contribution in [-0.4, -0.2) is 65.3 Å². The summed E-state index contributed by atoms with van der Waals surface area (Å²) in [6.45, 7) is 7.09. The van der Waals surface area contributed by atoms with Gasteiger partial charge in [0.1, 0.15) is 5.82 Å². The molecule has 2 aliphatic heterocycles. The van der Waals surface area contributed by atoms with E-state index >= 15 is 0 Å². The number of nitrogens with zero attached hydrogens (tertiary/aromatic N) is 3. The molecule has 2 atom stereocenters. The zero-order valence-corrected chi connectivity index (χ0v) is 21.6. The highest BCUT2D eigenvalue weighted by molar-refractivity contribution is 7.10. The lowest BCUT2D eigenvalue weighted by Gasteiger charge is -2.41. The average Bonchev–Trinajstić information content (AvgIpc) is 3.23. The first kappa shape index (κ1) is 24.7. The van der Waals surface area contributed by atoms with Crippen LogP contribution in [0.2, 0.25) is 0 Å². The van der Waals surface area contributed by atoms with Gasteiger partial charge in [0.25, 0.3) is 5.91 Å². The number of hydrogen-bond donors (Lipinski definition) is 0. The molecule has 1 saturated heterocycles. The molecule has 0 radical (unpaired) electrons. The second-order valence-corrected chi connectivity index (χ2v) is 10.7. The fourth-order valence-electron chi connectivity index (χ4n) is 5.54. The number of fused-ring (bicyclic) bond motifs is 1. The van der Waals surface area contributed by atoms with Crippen LogP contribution in [0.5, 0.6) is 0 Å². The Balaban J connectivity index is 1.32. The standard InChI is InChI=1S/C29H32FN3O2S/c1-20-7-3-4-10-24(20)27-25-12-18-36-26(25)11-15-33(27)21(2)28(34)31-13-6-14-32(17-16-31)29(35)22-8-5-9-23(30)19-22/h3-5,7-10,12,18-19,21,27H,6,11,13-17H2,1-2H3. The van der Waals surface area contributed by atoms with E-state index in [0.29, 0.717) is 38.2 Å². The maximum Gasteiger partial charge on any atom is 0.254 e. The van der Waals surface area contributed by atoms with Crippen LogP contribution in [-0.2, 0) is 11.2 Å². The molecule has 3 aromatic rings. The molecule has 7 heteroatoms. The molecule has 2 aromatic carbocycles. The predicted octanol–water partition coefficient (Wildman–Crippen LogP) is 4.91. The highest BCUT2D eigenvalue weighted by Gasteiger charge is 2.37. The lowest BCUT2D eigenvalue weighted by atomic mass is 9.89. The van der Waals surface area contributed by atoms with Gasteiger partial charge in [0.15, 0.2) is 0 Å². The Hall–Kier alpha value is -3.03. The molecule has 0 bridgehead atoms. The number of aryl methyl sites for hydroxylation is 1. The molecule has 2 unspecified atom stereocenters. The molecule has 188 valence electrons. The van der Waals surface area contributed by atoms with Gasteiger partial charge in [-0.05, 0) is 73.0 Å². The zero-order chi connectivity index (χ0) is 25.2. The summed E-state index contributed by atoms with van der Waals surface area (Å²) in [4.78, 5) is 34.1. The van der Waals surface area contributed by atoms with Crippen molar-refractivity contribution in [2.24, 2.45) is 0 Å². The van der Waals surface area contributed by atoms with Gasteiger partial charge in [-0.1, -0.05) is 30.3 Å². The number of thiophene rings is 1. The molecule has 0 saturated carbocycles. The van der Waals surface area contributed by atoms with E-state index in [2.05, 4.69) is 47.5 Å². The summed E-state index contributed by atoms with van der Waals surface area (Å²) in [6.07, 6.45) is 1.65. The smallest absolute Gasteiger partial charge is 0.254 e. The summed E-state index contributed by atoms with van der Waals surface area (Å²) >= 11 is 1.80. The summed E-state index contributed by atoms with van der Waals surface area (Å²) in [5.41, 5.74) is 4.14. The SMILES string of the molecule is Cc1ccccc1C1c2ccsc2CCN1C(C)C(=O)N1CCCN(C(=O)c2cccc(F)c2)CC1. The lowest BCUT2D eigenvalue weighted by Crippen LogP contribution is -2.51. The van der Waals surface area contributed by atoms with E-state index < -0.39 is 5.82 Å². The molecule has 2 aliphatic rings. The maximum atomic E-state index is 13.8. The molecule has 3 heterocycles. The van der Waals surface area contributed by atoms with Crippen LogP contribution in [0.4, 0.5) is 4.39 Å². The molecular weight excluding hydrogens is 473 g/mol. The Kier molecular flexibility index (Phi) is 7.21. The van der Waals surface area contributed by atoms with Crippen molar-refractivity contribution in [2.75, 3.05) is 32.7 Å². The van der Waals surface area contributed by atoms with E-state index in [1.54, 1.807) is 28.4 Å². The summed E-state index contributed by atoms with van der Waals surface area (Å²) in [7, 11) is 0. The highest BCUT2D eigenvalue weighted by Crippen LogP contribution is 2.40. The fraction of sp³-hybridized carbons (Fsp3) is 0.379. The first-order chi connectivity index (χ1) is 17.4. The molecule has 0 N–H and O–H groups in total. The van der Waals surface area contributed by atoms with Gasteiger partial charge in [-0.2, -0.15) is 0 Å². The summed E-state index contributed by atoms with van der Waals surface area (Å²) in [6, 6.07) is 16.2. The van der Waals surface area contributed by atoms with E-state index in [4.69, 9.17) is 0 Å². The van der Waals surface area contributed by atoms with E-state index in [0.717, 1.165) is 13.0 Å². The molecule has 1 aromatic heterocycles. The first-order valence-electron chi connectivity index (χ1n) is 12.6. The highest BCUT2D eigenvalue weighted by atomic mass is 32.1. The van der Waals surface area contributed by atoms with Gasteiger partial charge in [0.2, 0.25) is 5.91 Å². The van der Waals surface area contributed by atoms with Crippen LogP contribution >= 0.6 is 11.3 Å². The van der Waals surface area contributed by atoms with Gasteiger partial charge in [0, 0.05) is 43.2 Å². The van der Waals surface area contributed by atoms with Crippen molar-refractivity contribution in [3.63, 3.8) is 0 Å². The van der Waals surface area contributed by atoms with Gasteiger partial charge in [-0.25, -0.2) is 4.39 Å². The van der Waals surface area contributed by atoms with E-state index in [-0.39, 0.29) is 23.9 Å². The minimum absolute atomic E-state index is 0.0539. The summed E-state index contributed by atoms with van der Waals surface area (Å²) < 4.78 is 13.6. The second kappa shape index (κ2) is 10.5. The molecule has 1 fully saturated rings. The van der Waals surface area contributed by atoms with Gasteiger partial charge in [-0.15, -0.1) is 11.3 Å². The van der Waals surface area contributed by atoms with Crippen molar-refractivity contribution >= 4 is 23.2 Å². The largest absolute Gasteiger partial charge is 0.340 e. The van der Waals surface area contributed by atoms with E-state index in [9.17, 15) is 14.0 Å². The Morgan fingerprint density at radius 3 is 2.53 bits per heavy atom. The normalized spacial score (nSPS) is 19.5. The molecular formula is C29H32FN3O2S. The van der Waals surface area contributed by atoms with Crippen LogP contribution < -0.4 is 0 Å². The quantitative estimate of drug-likeness (QED) is 0.506. The Bertz CT molecular complexity index is 1260. The third kappa shape index (κ3) is 4.82. The van der Waals surface area contributed by atoms with E-state index in [1.807, 2.05) is 11.8 Å². The number of hydrogen-bond acceptors (Lipinski definition) is 4. The minimum Gasteiger partial charge on any atom is -0.340 e. The number of carbonyl (C=O) groups is 2. The number of amides is 2. The van der Waals surface area contributed by atoms with Crippen molar-refractivity contribution in [3.8, 4) is 0 Å². The van der Waals surface area contributed by atoms with Gasteiger partial charge >= 0.3 is 0 Å². The second-order valence-electron chi connectivity index (χ2n) is 9.70. The van der Waals surface area contributed by atoms with Crippen LogP contribution in [0.3, 0.4) is 0 Å².